The van der Waals surface area contributed by atoms with Crippen molar-refractivity contribution in [1.82, 2.24) is 0 Å². The van der Waals surface area contributed by atoms with Gasteiger partial charge in [-0.05, 0) is 63.1 Å². The number of rotatable bonds is 12. The summed E-state index contributed by atoms with van der Waals surface area (Å²) in [6.07, 6.45) is 6.37. The van der Waals surface area contributed by atoms with Crippen LogP contribution >= 0.6 is 0 Å². The molecule has 214 valence electrons. The maximum Gasteiger partial charge on any atom is 0.308 e. The molecule has 0 amide bonds. The summed E-state index contributed by atoms with van der Waals surface area (Å²) in [4.78, 5) is 38.2. The summed E-state index contributed by atoms with van der Waals surface area (Å²) in [5.41, 5.74) is 4.55. The molecular weight excluding hydrogens is 486 g/mol. The van der Waals surface area contributed by atoms with Crippen LogP contribution in [0.3, 0.4) is 0 Å². The molecule has 1 saturated heterocycles. The van der Waals surface area contributed by atoms with Crippen molar-refractivity contribution in [2.24, 2.45) is 34.3 Å². The number of aliphatic hydroxyl groups excluding tert-OH is 1. The van der Waals surface area contributed by atoms with E-state index in [4.69, 9.17) is 19.9 Å². The highest BCUT2D eigenvalue weighted by molar-refractivity contribution is 6.01. The number of nitrogens with two attached hydrogens (primary N) is 1. The van der Waals surface area contributed by atoms with Gasteiger partial charge in [-0.3, -0.25) is 14.4 Å². The Morgan fingerprint density at radius 1 is 1.21 bits per heavy atom. The SMILES string of the molecule is CC(O)CC1(C)C(C(C)CCC2=CC(=O)C=CC2(C)C)CC2OC(CCN)OC21C(=O)COC(=O)C(C)C. The second-order valence-corrected chi connectivity index (χ2v) is 12.6. The second kappa shape index (κ2) is 11.7. The Morgan fingerprint density at radius 2 is 1.89 bits per heavy atom. The van der Waals surface area contributed by atoms with Crippen molar-refractivity contribution in [3.63, 3.8) is 0 Å². The molecule has 7 atom stereocenters. The molecule has 1 heterocycles. The minimum atomic E-state index is -1.36. The van der Waals surface area contributed by atoms with Gasteiger partial charge in [-0.15, -0.1) is 0 Å². The van der Waals surface area contributed by atoms with Crippen molar-refractivity contribution in [2.75, 3.05) is 13.2 Å². The molecule has 0 radical (unpaired) electrons. The molecule has 1 aliphatic heterocycles. The zero-order valence-corrected chi connectivity index (χ0v) is 24.1. The lowest BCUT2D eigenvalue weighted by atomic mass is 9.62. The van der Waals surface area contributed by atoms with Crippen LogP contribution in [-0.2, 0) is 28.6 Å². The second-order valence-electron chi connectivity index (χ2n) is 12.6. The number of aliphatic hydroxyl groups is 1. The zero-order chi connectivity index (χ0) is 28.5. The van der Waals surface area contributed by atoms with Gasteiger partial charge < -0.3 is 25.1 Å². The minimum absolute atomic E-state index is 0.00885. The predicted octanol–water partition coefficient (Wildman–Crippen LogP) is 3.89. The molecule has 8 nitrogen and oxygen atoms in total. The van der Waals surface area contributed by atoms with Crippen LogP contribution in [0.2, 0.25) is 0 Å². The Bertz CT molecular complexity index is 968. The number of carbonyl (C=O) groups excluding carboxylic acids is 3. The van der Waals surface area contributed by atoms with Crippen molar-refractivity contribution in [1.29, 1.82) is 0 Å². The van der Waals surface area contributed by atoms with E-state index in [0.717, 1.165) is 18.4 Å². The van der Waals surface area contributed by atoms with Gasteiger partial charge in [0.1, 0.15) is 0 Å². The summed E-state index contributed by atoms with van der Waals surface area (Å²) in [5.74, 6) is -0.998. The number of Topliss-reactive ketones (excluding diaryl/α,β-unsaturated/α-hetero) is 1. The quantitative estimate of drug-likeness (QED) is 0.362. The molecule has 0 aromatic heterocycles. The molecule has 3 aliphatic rings. The number of ketones is 2. The number of hydrogen-bond donors (Lipinski definition) is 2. The highest BCUT2D eigenvalue weighted by Gasteiger charge is 2.72. The first-order valence-corrected chi connectivity index (χ1v) is 14.0. The zero-order valence-electron chi connectivity index (χ0n) is 24.1. The standard InChI is InChI=1S/C30H47NO7/c1-18(2)27(35)36-17-24(34)30-25(37-26(38-30)11-13-31)15-23(29(30,7)16-20(4)32)19(3)8-9-21-14-22(33)10-12-28(21,5)6/h10,12,14,18-20,23,25-26,32H,8-9,11,13,15-17,31H2,1-7H3. The lowest BCUT2D eigenvalue weighted by Gasteiger charge is -2.46. The van der Waals surface area contributed by atoms with Crippen LogP contribution < -0.4 is 5.73 Å². The first-order chi connectivity index (χ1) is 17.7. The maximum atomic E-state index is 14.0. The summed E-state index contributed by atoms with van der Waals surface area (Å²) in [5, 5.41) is 10.6. The fourth-order valence-corrected chi connectivity index (χ4v) is 6.88. The van der Waals surface area contributed by atoms with Gasteiger partial charge in [-0.2, -0.15) is 0 Å². The van der Waals surface area contributed by atoms with E-state index in [1.54, 1.807) is 32.9 Å². The minimum Gasteiger partial charge on any atom is -0.457 e. The third-order valence-corrected chi connectivity index (χ3v) is 8.94. The van der Waals surface area contributed by atoms with E-state index in [0.29, 0.717) is 25.8 Å². The van der Waals surface area contributed by atoms with Crippen LogP contribution in [0.25, 0.3) is 0 Å². The van der Waals surface area contributed by atoms with Crippen LogP contribution in [0.5, 0.6) is 0 Å². The molecule has 0 spiro atoms. The summed E-state index contributed by atoms with van der Waals surface area (Å²) in [6.45, 7) is 13.5. The lowest BCUT2D eigenvalue weighted by Crippen LogP contribution is -2.59. The third kappa shape index (κ3) is 5.83. The van der Waals surface area contributed by atoms with Gasteiger partial charge >= 0.3 is 5.97 Å². The molecular formula is C30H47NO7. The Labute approximate surface area is 227 Å². The number of allylic oxidation sites excluding steroid dienone is 4. The molecule has 1 saturated carbocycles. The van der Waals surface area contributed by atoms with E-state index in [9.17, 15) is 19.5 Å². The normalized spacial score (nSPS) is 33.7. The molecule has 0 aromatic carbocycles. The third-order valence-electron chi connectivity index (χ3n) is 8.94. The maximum absolute atomic E-state index is 14.0. The van der Waals surface area contributed by atoms with Gasteiger partial charge in [0.15, 0.2) is 24.3 Å². The average Bonchev–Trinajstić information content (AvgIpc) is 3.30. The van der Waals surface area contributed by atoms with Crippen LogP contribution in [0.15, 0.2) is 23.8 Å². The molecule has 7 unspecified atom stereocenters. The summed E-state index contributed by atoms with van der Waals surface area (Å²) in [7, 11) is 0. The van der Waals surface area contributed by atoms with E-state index in [1.807, 2.05) is 13.0 Å². The average molecular weight is 534 g/mol. The van der Waals surface area contributed by atoms with Crippen LogP contribution in [0.4, 0.5) is 0 Å². The van der Waals surface area contributed by atoms with E-state index < -0.39 is 42.1 Å². The van der Waals surface area contributed by atoms with E-state index in [2.05, 4.69) is 20.8 Å². The Kier molecular flexibility index (Phi) is 9.45. The molecule has 38 heavy (non-hydrogen) atoms. The van der Waals surface area contributed by atoms with Crippen LogP contribution in [0, 0.1) is 28.6 Å². The monoisotopic (exact) mass is 533 g/mol. The van der Waals surface area contributed by atoms with Crippen molar-refractivity contribution in [3.05, 3.63) is 23.8 Å². The van der Waals surface area contributed by atoms with E-state index in [1.165, 1.54) is 0 Å². The topological polar surface area (TPSA) is 125 Å². The van der Waals surface area contributed by atoms with Crippen molar-refractivity contribution in [3.8, 4) is 0 Å². The number of ether oxygens (including phenoxy) is 3. The molecule has 2 aliphatic carbocycles. The van der Waals surface area contributed by atoms with Crippen LogP contribution in [-0.4, -0.2) is 59.9 Å². The van der Waals surface area contributed by atoms with Gasteiger partial charge in [0.05, 0.1) is 18.1 Å². The molecule has 2 fully saturated rings. The van der Waals surface area contributed by atoms with Gasteiger partial charge in [0.2, 0.25) is 5.78 Å². The first-order valence-electron chi connectivity index (χ1n) is 14.0. The number of fused-ring (bicyclic) bond motifs is 1. The van der Waals surface area contributed by atoms with E-state index in [-0.39, 0.29) is 34.7 Å². The van der Waals surface area contributed by atoms with Crippen LogP contribution in [0.1, 0.15) is 80.6 Å². The lowest BCUT2D eigenvalue weighted by molar-refractivity contribution is -0.182. The summed E-state index contributed by atoms with van der Waals surface area (Å²) < 4.78 is 18.2. The van der Waals surface area contributed by atoms with Gasteiger partial charge in [-0.25, -0.2) is 0 Å². The molecule has 8 heteroatoms. The number of esters is 1. The van der Waals surface area contributed by atoms with E-state index >= 15 is 0 Å². The molecule has 3 rings (SSSR count). The highest BCUT2D eigenvalue weighted by atomic mass is 16.7. The first kappa shape index (κ1) is 30.7. The number of carbonyl (C=O) groups is 3. The van der Waals surface area contributed by atoms with Gasteiger partial charge in [0.25, 0.3) is 0 Å². The smallest absolute Gasteiger partial charge is 0.308 e. The van der Waals surface area contributed by atoms with Gasteiger partial charge in [-0.1, -0.05) is 53.2 Å². The Hall–Kier alpha value is -1.87. The Balaban J connectivity index is 1.92. The Morgan fingerprint density at radius 3 is 2.50 bits per heavy atom. The highest BCUT2D eigenvalue weighted by Crippen LogP contribution is 2.62. The fourth-order valence-electron chi connectivity index (χ4n) is 6.88. The largest absolute Gasteiger partial charge is 0.457 e. The van der Waals surface area contributed by atoms with Crippen molar-refractivity contribution >= 4 is 17.5 Å². The number of hydrogen-bond acceptors (Lipinski definition) is 8. The van der Waals surface area contributed by atoms with Crippen molar-refractivity contribution < 1.29 is 33.7 Å². The fraction of sp³-hybridized carbons (Fsp3) is 0.767. The molecule has 3 N–H and O–H groups in total. The predicted molar refractivity (Wildman–Crippen MR) is 144 cm³/mol. The summed E-state index contributed by atoms with van der Waals surface area (Å²) in [6, 6.07) is 0. The van der Waals surface area contributed by atoms with Gasteiger partial charge in [0, 0.05) is 17.3 Å². The summed E-state index contributed by atoms with van der Waals surface area (Å²) >= 11 is 0. The van der Waals surface area contributed by atoms with Crippen molar-refractivity contribution in [2.45, 2.75) is 105 Å². The molecule has 0 aromatic rings. The molecule has 0 bridgehead atoms.